The van der Waals surface area contributed by atoms with Gasteiger partial charge in [-0.25, -0.2) is 0 Å². The predicted molar refractivity (Wildman–Crippen MR) is 66.9 cm³/mol. The maximum Gasteiger partial charge on any atom is 0.416 e. The standard InChI is InChI=1S/C13H9F3N4O/c1-20-7-9(6-17-20)12-19-18-11(21-12)8-3-2-4-10(5-8)13(14,15)16/h2-7H,1H3. The topological polar surface area (TPSA) is 56.7 Å². The van der Waals surface area contributed by atoms with Crippen molar-refractivity contribution in [3.63, 3.8) is 0 Å². The molecule has 2 aromatic heterocycles. The molecular weight excluding hydrogens is 285 g/mol. The lowest BCUT2D eigenvalue weighted by Crippen LogP contribution is -2.04. The zero-order valence-electron chi connectivity index (χ0n) is 10.8. The average molecular weight is 294 g/mol. The SMILES string of the molecule is Cn1cc(-c2nnc(-c3cccc(C(F)(F)F)c3)o2)cn1. The van der Waals surface area contributed by atoms with E-state index in [0.717, 1.165) is 12.1 Å². The molecule has 0 fully saturated rings. The molecule has 0 aliphatic heterocycles. The number of aromatic nitrogens is 4. The van der Waals surface area contributed by atoms with Gasteiger partial charge in [0.05, 0.1) is 17.3 Å². The Morgan fingerprint density at radius 3 is 2.43 bits per heavy atom. The molecule has 0 aliphatic carbocycles. The molecule has 0 saturated heterocycles. The van der Waals surface area contributed by atoms with E-state index in [0.29, 0.717) is 5.56 Å². The first-order chi connectivity index (χ1) is 9.93. The van der Waals surface area contributed by atoms with E-state index in [2.05, 4.69) is 15.3 Å². The van der Waals surface area contributed by atoms with E-state index in [1.54, 1.807) is 17.9 Å². The number of halogens is 3. The Balaban J connectivity index is 1.97. The number of benzene rings is 1. The smallest absolute Gasteiger partial charge is 0.416 e. The molecule has 0 spiro atoms. The highest BCUT2D eigenvalue weighted by Crippen LogP contribution is 2.32. The molecule has 0 unspecified atom stereocenters. The van der Waals surface area contributed by atoms with Gasteiger partial charge >= 0.3 is 6.18 Å². The number of aryl methyl sites for hydroxylation is 1. The first-order valence-corrected chi connectivity index (χ1v) is 5.93. The van der Waals surface area contributed by atoms with Crippen LogP contribution >= 0.6 is 0 Å². The van der Waals surface area contributed by atoms with Gasteiger partial charge in [0, 0.05) is 18.8 Å². The second-order valence-corrected chi connectivity index (χ2v) is 4.39. The molecule has 0 bridgehead atoms. The van der Waals surface area contributed by atoms with E-state index >= 15 is 0 Å². The Hall–Kier alpha value is -2.64. The van der Waals surface area contributed by atoms with Crippen molar-refractivity contribution < 1.29 is 17.6 Å². The van der Waals surface area contributed by atoms with E-state index in [1.807, 2.05) is 0 Å². The van der Waals surface area contributed by atoms with Gasteiger partial charge in [0.1, 0.15) is 0 Å². The van der Waals surface area contributed by atoms with Crippen molar-refractivity contribution in [3.8, 4) is 22.9 Å². The Labute approximate surface area is 117 Å². The molecule has 0 amide bonds. The third-order valence-electron chi connectivity index (χ3n) is 2.81. The second-order valence-electron chi connectivity index (χ2n) is 4.39. The minimum Gasteiger partial charge on any atom is -0.416 e. The van der Waals surface area contributed by atoms with Crippen molar-refractivity contribution in [2.24, 2.45) is 7.05 Å². The third-order valence-corrected chi connectivity index (χ3v) is 2.81. The van der Waals surface area contributed by atoms with Gasteiger partial charge in [-0.15, -0.1) is 10.2 Å². The molecule has 0 atom stereocenters. The summed E-state index contributed by atoms with van der Waals surface area (Å²) in [7, 11) is 1.73. The summed E-state index contributed by atoms with van der Waals surface area (Å²) in [5, 5.41) is 11.6. The summed E-state index contributed by atoms with van der Waals surface area (Å²) in [6.07, 6.45) is -1.21. The maximum absolute atomic E-state index is 12.7. The lowest BCUT2D eigenvalue weighted by molar-refractivity contribution is -0.137. The van der Waals surface area contributed by atoms with Crippen LogP contribution in [0.3, 0.4) is 0 Å². The lowest BCUT2D eigenvalue weighted by Gasteiger charge is -2.06. The van der Waals surface area contributed by atoms with Gasteiger partial charge in [-0.2, -0.15) is 18.3 Å². The Bertz CT molecular complexity index is 776. The fourth-order valence-corrected chi connectivity index (χ4v) is 1.82. The number of rotatable bonds is 2. The molecule has 0 aliphatic rings. The maximum atomic E-state index is 12.7. The highest BCUT2D eigenvalue weighted by molar-refractivity contribution is 5.57. The van der Waals surface area contributed by atoms with Crippen LogP contribution in [-0.2, 0) is 13.2 Å². The molecular formula is C13H9F3N4O. The summed E-state index contributed by atoms with van der Waals surface area (Å²) < 4.78 is 45.0. The minimum atomic E-state index is -4.41. The average Bonchev–Trinajstić information content (AvgIpc) is 3.06. The first kappa shape index (κ1) is 13.3. The number of nitrogens with zero attached hydrogens (tertiary/aromatic N) is 4. The van der Waals surface area contributed by atoms with Crippen molar-refractivity contribution in [2.45, 2.75) is 6.18 Å². The van der Waals surface area contributed by atoms with Crippen LogP contribution in [0.2, 0.25) is 0 Å². The molecule has 3 aromatic rings. The third kappa shape index (κ3) is 2.64. The van der Waals surface area contributed by atoms with Crippen LogP contribution in [0.5, 0.6) is 0 Å². The number of hydrogen-bond donors (Lipinski definition) is 0. The summed E-state index contributed by atoms with van der Waals surface area (Å²) in [5.74, 6) is 0.232. The van der Waals surface area contributed by atoms with Gasteiger partial charge < -0.3 is 4.42 Å². The number of hydrogen-bond acceptors (Lipinski definition) is 4. The van der Waals surface area contributed by atoms with Crippen LogP contribution in [0.4, 0.5) is 13.2 Å². The predicted octanol–water partition coefficient (Wildman–Crippen LogP) is 3.16. The van der Waals surface area contributed by atoms with Crippen molar-refractivity contribution in [2.75, 3.05) is 0 Å². The fraction of sp³-hybridized carbons (Fsp3) is 0.154. The largest absolute Gasteiger partial charge is 0.416 e. The van der Waals surface area contributed by atoms with Gasteiger partial charge in [0.15, 0.2) is 0 Å². The summed E-state index contributed by atoms with van der Waals surface area (Å²) in [6, 6.07) is 4.74. The monoisotopic (exact) mass is 294 g/mol. The molecule has 21 heavy (non-hydrogen) atoms. The Morgan fingerprint density at radius 1 is 1.10 bits per heavy atom. The van der Waals surface area contributed by atoms with Gasteiger partial charge in [-0.05, 0) is 18.2 Å². The Kier molecular flexibility index (Phi) is 3.00. The minimum absolute atomic E-state index is 0.0277. The normalized spacial score (nSPS) is 11.8. The van der Waals surface area contributed by atoms with Crippen molar-refractivity contribution >= 4 is 0 Å². The van der Waals surface area contributed by atoms with Gasteiger partial charge in [-0.3, -0.25) is 4.68 Å². The molecule has 0 radical (unpaired) electrons. The molecule has 0 saturated carbocycles. The van der Waals surface area contributed by atoms with Crippen LogP contribution in [0.25, 0.3) is 22.9 Å². The highest BCUT2D eigenvalue weighted by Gasteiger charge is 2.30. The summed E-state index contributed by atoms with van der Waals surface area (Å²) in [4.78, 5) is 0. The van der Waals surface area contributed by atoms with Crippen molar-refractivity contribution in [3.05, 3.63) is 42.2 Å². The molecule has 108 valence electrons. The zero-order chi connectivity index (χ0) is 15.0. The molecule has 8 heteroatoms. The molecule has 0 N–H and O–H groups in total. The van der Waals surface area contributed by atoms with E-state index in [4.69, 9.17) is 4.42 Å². The van der Waals surface area contributed by atoms with Crippen molar-refractivity contribution in [1.29, 1.82) is 0 Å². The van der Waals surface area contributed by atoms with Crippen LogP contribution in [0.1, 0.15) is 5.56 Å². The van der Waals surface area contributed by atoms with Crippen LogP contribution in [-0.4, -0.2) is 20.0 Å². The highest BCUT2D eigenvalue weighted by atomic mass is 19.4. The van der Waals surface area contributed by atoms with Gasteiger partial charge in [0.25, 0.3) is 5.89 Å². The quantitative estimate of drug-likeness (QED) is 0.728. The Morgan fingerprint density at radius 2 is 1.81 bits per heavy atom. The molecule has 5 nitrogen and oxygen atoms in total. The van der Waals surface area contributed by atoms with Crippen LogP contribution in [0.15, 0.2) is 41.1 Å². The molecule has 2 heterocycles. The first-order valence-electron chi connectivity index (χ1n) is 5.93. The van der Waals surface area contributed by atoms with E-state index < -0.39 is 11.7 Å². The lowest BCUT2D eigenvalue weighted by atomic mass is 10.1. The van der Waals surface area contributed by atoms with Gasteiger partial charge in [-0.1, -0.05) is 6.07 Å². The number of alkyl halides is 3. The van der Waals surface area contributed by atoms with E-state index in [1.165, 1.54) is 18.3 Å². The van der Waals surface area contributed by atoms with E-state index in [-0.39, 0.29) is 17.3 Å². The van der Waals surface area contributed by atoms with Gasteiger partial charge in [0.2, 0.25) is 5.89 Å². The fourth-order valence-electron chi connectivity index (χ4n) is 1.82. The summed E-state index contributed by atoms with van der Waals surface area (Å²) >= 11 is 0. The second kappa shape index (κ2) is 4.72. The van der Waals surface area contributed by atoms with Crippen molar-refractivity contribution in [1.82, 2.24) is 20.0 Å². The van der Waals surface area contributed by atoms with Crippen LogP contribution < -0.4 is 0 Å². The van der Waals surface area contributed by atoms with Crippen LogP contribution in [0, 0.1) is 0 Å². The zero-order valence-corrected chi connectivity index (χ0v) is 10.8. The molecule has 3 rings (SSSR count). The van der Waals surface area contributed by atoms with E-state index in [9.17, 15) is 13.2 Å². The summed E-state index contributed by atoms with van der Waals surface area (Å²) in [5.41, 5.74) is 0.0526. The summed E-state index contributed by atoms with van der Waals surface area (Å²) in [6.45, 7) is 0. The molecule has 1 aromatic carbocycles.